The summed E-state index contributed by atoms with van der Waals surface area (Å²) in [6, 6.07) is 13.4. The summed E-state index contributed by atoms with van der Waals surface area (Å²) < 4.78 is 26.7. The average molecular weight is 382 g/mol. The van der Waals surface area contributed by atoms with Crippen LogP contribution in [0.25, 0.3) is 0 Å². The van der Waals surface area contributed by atoms with E-state index in [4.69, 9.17) is 0 Å². The minimum Gasteiger partial charge on any atom is -0.300 e. The van der Waals surface area contributed by atoms with Crippen LogP contribution in [-0.2, 0) is 4.79 Å². The fourth-order valence-corrected chi connectivity index (χ4v) is 4.79. The van der Waals surface area contributed by atoms with Crippen molar-refractivity contribution in [3.63, 3.8) is 0 Å². The molecule has 0 saturated heterocycles. The lowest BCUT2D eigenvalue weighted by atomic mass is 9.68. The lowest BCUT2D eigenvalue weighted by Gasteiger charge is -2.36. The normalized spacial score (nSPS) is 19.5. The minimum atomic E-state index is -0.233. The Morgan fingerprint density at radius 2 is 1.07 bits per heavy atom. The van der Waals surface area contributed by atoms with Gasteiger partial charge in [0.2, 0.25) is 0 Å². The predicted octanol–water partition coefficient (Wildman–Crippen LogP) is 6.78. The number of halogens is 2. The zero-order chi connectivity index (χ0) is 19.5. The third-order valence-corrected chi connectivity index (χ3v) is 6.93. The van der Waals surface area contributed by atoms with Crippen molar-refractivity contribution in [2.24, 2.45) is 11.8 Å². The first kappa shape index (κ1) is 19.3. The molecular weight excluding hydrogens is 354 g/mol. The molecule has 0 amide bonds. The molecule has 0 aromatic heterocycles. The van der Waals surface area contributed by atoms with E-state index in [0.717, 1.165) is 36.8 Å². The molecule has 148 valence electrons. The summed E-state index contributed by atoms with van der Waals surface area (Å²) in [5, 5.41) is 0. The Balaban J connectivity index is 1.48. The summed E-state index contributed by atoms with van der Waals surface area (Å²) in [6.07, 6.45) is 8.10. The van der Waals surface area contributed by atoms with Gasteiger partial charge in [-0.15, -0.1) is 0 Å². The van der Waals surface area contributed by atoms with Gasteiger partial charge in [-0.25, -0.2) is 8.78 Å². The smallest absolute Gasteiger partial charge is 0.134 e. The van der Waals surface area contributed by atoms with Crippen LogP contribution in [0.5, 0.6) is 0 Å². The molecule has 3 heteroatoms. The molecule has 2 saturated carbocycles. The third kappa shape index (κ3) is 4.34. The highest BCUT2D eigenvalue weighted by atomic mass is 19.1. The maximum atomic E-state index is 13.3. The second kappa shape index (κ2) is 8.55. The highest BCUT2D eigenvalue weighted by molar-refractivity contribution is 5.80. The van der Waals surface area contributed by atoms with Crippen LogP contribution in [0.15, 0.2) is 48.5 Å². The van der Waals surface area contributed by atoms with Gasteiger partial charge in [-0.2, -0.15) is 0 Å². The summed E-state index contributed by atoms with van der Waals surface area (Å²) in [7, 11) is 0. The average Bonchev–Trinajstić information content (AvgIpc) is 2.59. The van der Waals surface area contributed by atoms with E-state index in [2.05, 4.69) is 0 Å². The van der Waals surface area contributed by atoms with E-state index in [-0.39, 0.29) is 29.3 Å². The maximum absolute atomic E-state index is 13.3. The van der Waals surface area contributed by atoms with Gasteiger partial charge in [0, 0.05) is 12.8 Å². The number of rotatable bonds is 8. The molecule has 0 heterocycles. The Labute approximate surface area is 166 Å². The van der Waals surface area contributed by atoms with Crippen molar-refractivity contribution < 1.29 is 13.6 Å². The first-order valence-corrected chi connectivity index (χ1v) is 10.6. The number of carbonyl (C=O) groups is 1. The topological polar surface area (TPSA) is 17.1 Å². The molecule has 2 aliphatic rings. The third-order valence-electron chi connectivity index (χ3n) is 6.93. The number of hydrogen-bond acceptors (Lipinski definition) is 1. The van der Waals surface area contributed by atoms with Gasteiger partial charge in [-0.3, -0.25) is 4.79 Å². The number of ketones is 1. The van der Waals surface area contributed by atoms with Crippen molar-refractivity contribution in [2.75, 3.05) is 0 Å². The van der Waals surface area contributed by atoms with Crippen LogP contribution in [-0.4, -0.2) is 5.78 Å². The second-order valence-corrected chi connectivity index (χ2v) is 8.64. The van der Waals surface area contributed by atoms with Gasteiger partial charge in [0.15, 0.2) is 0 Å². The number of benzene rings is 2. The first-order valence-electron chi connectivity index (χ1n) is 10.6. The zero-order valence-corrected chi connectivity index (χ0v) is 16.2. The van der Waals surface area contributed by atoms with Crippen molar-refractivity contribution >= 4 is 5.78 Å². The fraction of sp³-hybridized carbons (Fsp3) is 0.480. The molecule has 0 bridgehead atoms. The van der Waals surface area contributed by atoms with Crippen LogP contribution < -0.4 is 0 Å². The molecule has 2 atom stereocenters. The van der Waals surface area contributed by atoms with Crippen molar-refractivity contribution in [2.45, 2.75) is 63.2 Å². The van der Waals surface area contributed by atoms with E-state index in [1.54, 1.807) is 0 Å². The Hall–Kier alpha value is -2.03. The van der Waals surface area contributed by atoms with Gasteiger partial charge in [0.25, 0.3) is 0 Å². The fourth-order valence-electron chi connectivity index (χ4n) is 4.79. The molecule has 0 radical (unpaired) electrons. The number of Topliss-reactive ketones (excluding diaryl/α,β-unsaturated/α-hetero) is 1. The van der Waals surface area contributed by atoms with Crippen LogP contribution in [0.4, 0.5) is 8.78 Å². The van der Waals surface area contributed by atoms with Crippen molar-refractivity contribution in [1.29, 1.82) is 0 Å². The summed E-state index contributed by atoms with van der Waals surface area (Å²) in [6.45, 7) is 0. The molecule has 1 nitrogen and oxygen atoms in total. The standard InChI is InChI=1S/C25H28F2O/c26-21-11-7-19(8-12-21)24(17-3-1-4-17)15-23(28)16-25(18-5-2-6-18)20-9-13-22(27)14-10-20/h7-14,17-18,24-25H,1-6,15-16H2/t24-,25-/m1/s1. The van der Waals surface area contributed by atoms with Crippen LogP contribution in [0.2, 0.25) is 0 Å². The highest BCUT2D eigenvalue weighted by Gasteiger charge is 2.33. The van der Waals surface area contributed by atoms with E-state index in [1.807, 2.05) is 24.3 Å². The van der Waals surface area contributed by atoms with Crippen molar-refractivity contribution in [3.05, 3.63) is 71.3 Å². The second-order valence-electron chi connectivity index (χ2n) is 8.64. The summed E-state index contributed by atoms with van der Waals surface area (Å²) in [5.74, 6) is 1.26. The molecule has 2 aromatic carbocycles. The van der Waals surface area contributed by atoms with Gasteiger partial charge < -0.3 is 0 Å². The zero-order valence-electron chi connectivity index (χ0n) is 16.2. The monoisotopic (exact) mass is 382 g/mol. The van der Waals surface area contributed by atoms with E-state index >= 15 is 0 Å². The number of hydrogen-bond donors (Lipinski definition) is 0. The van der Waals surface area contributed by atoms with Crippen LogP contribution >= 0.6 is 0 Å². The van der Waals surface area contributed by atoms with E-state index < -0.39 is 0 Å². The molecular formula is C25H28F2O. The quantitative estimate of drug-likeness (QED) is 0.492. The largest absolute Gasteiger partial charge is 0.300 e. The molecule has 28 heavy (non-hydrogen) atoms. The van der Waals surface area contributed by atoms with Crippen LogP contribution in [0, 0.1) is 23.5 Å². The van der Waals surface area contributed by atoms with Crippen molar-refractivity contribution in [1.82, 2.24) is 0 Å². The Bertz CT molecular complexity index is 721. The lowest BCUT2D eigenvalue weighted by molar-refractivity contribution is -0.120. The van der Waals surface area contributed by atoms with Gasteiger partial charge >= 0.3 is 0 Å². The minimum absolute atomic E-state index is 0.192. The molecule has 2 fully saturated rings. The molecule has 4 rings (SSSR count). The van der Waals surface area contributed by atoms with Crippen LogP contribution in [0.1, 0.15) is 74.3 Å². The molecule has 0 N–H and O–H groups in total. The predicted molar refractivity (Wildman–Crippen MR) is 107 cm³/mol. The van der Waals surface area contributed by atoms with Gasteiger partial charge in [0.1, 0.15) is 17.4 Å². The molecule has 0 spiro atoms. The Kier molecular flexibility index (Phi) is 5.89. The SMILES string of the molecule is O=C(C[C@@H](c1ccc(F)cc1)C1CCC1)C[C@@H](c1ccc(F)cc1)C1CCC1. The summed E-state index contributed by atoms with van der Waals surface area (Å²) >= 11 is 0. The number of carbonyl (C=O) groups excluding carboxylic acids is 1. The van der Waals surface area contributed by atoms with E-state index in [0.29, 0.717) is 24.7 Å². The first-order chi connectivity index (χ1) is 13.6. The molecule has 0 aliphatic heterocycles. The molecule has 0 unspecified atom stereocenters. The van der Waals surface area contributed by atoms with E-state index in [1.165, 1.54) is 37.1 Å². The lowest BCUT2D eigenvalue weighted by Crippen LogP contribution is -2.26. The Morgan fingerprint density at radius 1 is 0.714 bits per heavy atom. The van der Waals surface area contributed by atoms with Crippen LogP contribution in [0.3, 0.4) is 0 Å². The summed E-state index contributed by atoms with van der Waals surface area (Å²) in [4.78, 5) is 13.1. The molecule has 2 aliphatic carbocycles. The summed E-state index contributed by atoms with van der Waals surface area (Å²) in [5.41, 5.74) is 2.17. The van der Waals surface area contributed by atoms with Gasteiger partial charge in [0.05, 0.1) is 0 Å². The van der Waals surface area contributed by atoms with Gasteiger partial charge in [-0.1, -0.05) is 37.1 Å². The maximum Gasteiger partial charge on any atom is 0.134 e. The van der Waals surface area contributed by atoms with Gasteiger partial charge in [-0.05, 0) is 84.7 Å². The molecule has 2 aromatic rings. The highest BCUT2D eigenvalue weighted by Crippen LogP contribution is 2.44. The Morgan fingerprint density at radius 3 is 1.36 bits per heavy atom. The van der Waals surface area contributed by atoms with E-state index in [9.17, 15) is 13.6 Å². The van der Waals surface area contributed by atoms with Crippen molar-refractivity contribution in [3.8, 4) is 0 Å².